The zero-order valence-corrected chi connectivity index (χ0v) is 13.7. The monoisotopic (exact) mass is 328 g/mol. The molecule has 2 fully saturated rings. The second-order valence-corrected chi connectivity index (χ2v) is 6.96. The zero-order valence-electron chi connectivity index (χ0n) is 13.7. The second kappa shape index (κ2) is 6.00. The van der Waals surface area contributed by atoms with Crippen molar-refractivity contribution in [2.24, 2.45) is 0 Å². The molecule has 126 valence electrons. The van der Waals surface area contributed by atoms with Crippen molar-refractivity contribution >= 4 is 5.91 Å². The van der Waals surface area contributed by atoms with Gasteiger partial charge >= 0.3 is 0 Å². The lowest BCUT2D eigenvalue weighted by Gasteiger charge is -2.39. The standard InChI is InChI=1S/C18H21FN4O/c1-12-8-13(2-5-17(12)19)14-9-15-3-4-16(10-14)23(15)18(24)11-22-7-6-20-21-22/h2,5-8,14-16H,3-4,9-11H2,1H3/t14?,15-,16+. The minimum Gasteiger partial charge on any atom is -0.335 e. The molecule has 1 amide bonds. The van der Waals surface area contributed by atoms with E-state index in [1.165, 1.54) is 5.56 Å². The predicted molar refractivity (Wildman–Crippen MR) is 86.8 cm³/mol. The molecule has 0 spiro atoms. The fourth-order valence-corrected chi connectivity index (χ4v) is 4.32. The van der Waals surface area contributed by atoms with E-state index in [2.05, 4.69) is 15.2 Å². The highest BCUT2D eigenvalue weighted by Gasteiger charge is 2.43. The first-order chi connectivity index (χ1) is 11.6. The van der Waals surface area contributed by atoms with E-state index < -0.39 is 0 Å². The average molecular weight is 328 g/mol. The summed E-state index contributed by atoms with van der Waals surface area (Å²) in [5.74, 6) is 0.390. The van der Waals surface area contributed by atoms with Crippen molar-refractivity contribution in [3.05, 3.63) is 47.5 Å². The SMILES string of the molecule is Cc1cc(C2C[C@H]3CC[C@@H](C2)N3C(=O)Cn2ccnn2)ccc1F. The molecule has 4 rings (SSSR count). The largest absolute Gasteiger partial charge is 0.335 e. The first-order valence-corrected chi connectivity index (χ1v) is 8.53. The number of carbonyl (C=O) groups excluding carboxylic acids is 1. The number of carbonyl (C=O) groups is 1. The number of amides is 1. The van der Waals surface area contributed by atoms with Crippen molar-refractivity contribution in [3.8, 4) is 0 Å². The van der Waals surface area contributed by atoms with Gasteiger partial charge < -0.3 is 4.90 Å². The van der Waals surface area contributed by atoms with Crippen LogP contribution in [0.25, 0.3) is 0 Å². The lowest BCUT2D eigenvalue weighted by molar-refractivity contribution is -0.136. The highest BCUT2D eigenvalue weighted by atomic mass is 19.1. The third kappa shape index (κ3) is 2.70. The molecule has 2 aliphatic rings. The van der Waals surface area contributed by atoms with Crippen molar-refractivity contribution in [2.75, 3.05) is 0 Å². The van der Waals surface area contributed by atoms with E-state index in [-0.39, 0.29) is 30.4 Å². The highest BCUT2D eigenvalue weighted by Crippen LogP contribution is 2.43. The Morgan fingerprint density at radius 3 is 2.67 bits per heavy atom. The lowest BCUT2D eigenvalue weighted by Crippen LogP contribution is -2.47. The molecule has 5 nitrogen and oxygen atoms in total. The Balaban J connectivity index is 1.49. The van der Waals surface area contributed by atoms with E-state index in [4.69, 9.17) is 0 Å². The van der Waals surface area contributed by atoms with Crippen LogP contribution >= 0.6 is 0 Å². The summed E-state index contributed by atoms with van der Waals surface area (Å²) in [7, 11) is 0. The molecule has 0 saturated carbocycles. The molecule has 1 unspecified atom stereocenters. The molecule has 2 aromatic rings. The van der Waals surface area contributed by atoms with Gasteiger partial charge in [0.15, 0.2) is 0 Å². The molecule has 1 aromatic carbocycles. The van der Waals surface area contributed by atoms with Crippen molar-refractivity contribution in [1.29, 1.82) is 0 Å². The summed E-state index contributed by atoms with van der Waals surface area (Å²) in [6.45, 7) is 2.07. The van der Waals surface area contributed by atoms with Crippen LogP contribution in [-0.2, 0) is 11.3 Å². The summed E-state index contributed by atoms with van der Waals surface area (Å²) in [6.07, 6.45) is 7.35. The Morgan fingerprint density at radius 2 is 2.04 bits per heavy atom. The summed E-state index contributed by atoms with van der Waals surface area (Å²) in [6, 6.07) is 6.01. The van der Waals surface area contributed by atoms with Crippen LogP contribution in [0.15, 0.2) is 30.6 Å². The first-order valence-electron chi connectivity index (χ1n) is 8.53. The van der Waals surface area contributed by atoms with E-state index >= 15 is 0 Å². The molecular weight excluding hydrogens is 307 g/mol. The normalized spacial score (nSPS) is 25.9. The van der Waals surface area contributed by atoms with Gasteiger partial charge in [-0.25, -0.2) is 9.07 Å². The van der Waals surface area contributed by atoms with Crippen molar-refractivity contribution in [2.45, 2.75) is 57.2 Å². The number of aromatic nitrogens is 3. The quantitative estimate of drug-likeness (QED) is 0.870. The fourth-order valence-electron chi connectivity index (χ4n) is 4.32. The number of nitrogens with zero attached hydrogens (tertiary/aromatic N) is 4. The molecule has 2 bridgehead atoms. The maximum Gasteiger partial charge on any atom is 0.244 e. The number of halogens is 1. The summed E-state index contributed by atoms with van der Waals surface area (Å²) in [5.41, 5.74) is 1.90. The molecule has 0 N–H and O–H groups in total. The van der Waals surface area contributed by atoms with Crippen LogP contribution in [0.1, 0.15) is 42.7 Å². The summed E-state index contributed by atoms with van der Waals surface area (Å²) >= 11 is 0. The van der Waals surface area contributed by atoms with Crippen LogP contribution in [-0.4, -0.2) is 37.9 Å². The minimum absolute atomic E-state index is 0.127. The Bertz CT molecular complexity index is 731. The summed E-state index contributed by atoms with van der Waals surface area (Å²) < 4.78 is 15.1. The van der Waals surface area contributed by atoms with E-state index in [0.717, 1.165) is 25.7 Å². The molecule has 24 heavy (non-hydrogen) atoms. The fraction of sp³-hybridized carbons (Fsp3) is 0.500. The van der Waals surface area contributed by atoms with Gasteiger partial charge in [-0.05, 0) is 55.7 Å². The summed E-state index contributed by atoms with van der Waals surface area (Å²) in [5, 5.41) is 7.64. The van der Waals surface area contributed by atoms with Crippen LogP contribution < -0.4 is 0 Å². The number of benzene rings is 1. The van der Waals surface area contributed by atoms with Crippen molar-refractivity contribution in [3.63, 3.8) is 0 Å². The Labute approximate surface area is 140 Å². The van der Waals surface area contributed by atoms with Gasteiger partial charge in [0.05, 0.1) is 6.20 Å². The maximum absolute atomic E-state index is 13.5. The Kier molecular flexibility index (Phi) is 3.82. The number of rotatable bonds is 3. The molecule has 3 atom stereocenters. The number of fused-ring (bicyclic) bond motifs is 2. The van der Waals surface area contributed by atoms with Gasteiger partial charge in [0.2, 0.25) is 5.91 Å². The van der Waals surface area contributed by atoms with Gasteiger partial charge in [0.1, 0.15) is 12.4 Å². The molecule has 0 radical (unpaired) electrons. The predicted octanol–water partition coefficient (Wildman–Crippen LogP) is 2.66. The van der Waals surface area contributed by atoms with Crippen LogP contribution in [0, 0.1) is 12.7 Å². The zero-order chi connectivity index (χ0) is 16.7. The lowest BCUT2D eigenvalue weighted by atomic mass is 9.84. The van der Waals surface area contributed by atoms with Crippen LogP contribution in [0.3, 0.4) is 0 Å². The van der Waals surface area contributed by atoms with E-state index in [1.807, 2.05) is 19.1 Å². The molecule has 3 heterocycles. The van der Waals surface area contributed by atoms with Gasteiger partial charge in [0, 0.05) is 18.3 Å². The molecule has 6 heteroatoms. The molecule has 1 aromatic heterocycles. The smallest absolute Gasteiger partial charge is 0.244 e. The van der Waals surface area contributed by atoms with Crippen molar-refractivity contribution in [1.82, 2.24) is 19.9 Å². The van der Waals surface area contributed by atoms with Gasteiger partial charge in [-0.3, -0.25) is 4.79 Å². The molecule has 2 saturated heterocycles. The maximum atomic E-state index is 13.5. The number of aryl methyl sites for hydroxylation is 1. The number of hydrogen-bond acceptors (Lipinski definition) is 3. The van der Waals surface area contributed by atoms with Gasteiger partial charge in [0.25, 0.3) is 0 Å². The van der Waals surface area contributed by atoms with Crippen LogP contribution in [0.2, 0.25) is 0 Å². The third-order valence-corrected chi connectivity index (χ3v) is 5.44. The van der Waals surface area contributed by atoms with E-state index in [0.29, 0.717) is 11.5 Å². The van der Waals surface area contributed by atoms with Crippen molar-refractivity contribution < 1.29 is 9.18 Å². The molecule has 0 aliphatic carbocycles. The Hall–Kier alpha value is -2.24. The summed E-state index contributed by atoms with van der Waals surface area (Å²) in [4.78, 5) is 14.7. The first kappa shape index (κ1) is 15.3. The topological polar surface area (TPSA) is 51.0 Å². The van der Waals surface area contributed by atoms with Crippen LogP contribution in [0.5, 0.6) is 0 Å². The van der Waals surface area contributed by atoms with Gasteiger partial charge in [-0.15, -0.1) is 5.10 Å². The van der Waals surface area contributed by atoms with Crippen LogP contribution in [0.4, 0.5) is 4.39 Å². The van der Waals surface area contributed by atoms with Gasteiger partial charge in [-0.1, -0.05) is 17.3 Å². The number of piperidine rings is 1. The Morgan fingerprint density at radius 1 is 1.29 bits per heavy atom. The van der Waals surface area contributed by atoms with E-state index in [9.17, 15) is 9.18 Å². The average Bonchev–Trinajstić information content (AvgIpc) is 3.16. The second-order valence-electron chi connectivity index (χ2n) is 6.96. The van der Waals surface area contributed by atoms with Gasteiger partial charge in [-0.2, -0.15) is 0 Å². The number of hydrogen-bond donors (Lipinski definition) is 0. The molecule has 2 aliphatic heterocycles. The van der Waals surface area contributed by atoms with E-state index in [1.54, 1.807) is 23.1 Å². The third-order valence-electron chi connectivity index (χ3n) is 5.44. The highest BCUT2D eigenvalue weighted by molar-refractivity contribution is 5.77. The molecular formula is C18H21FN4O. The minimum atomic E-state index is -0.151.